The molecule has 0 amide bonds. The van der Waals surface area contributed by atoms with E-state index in [1.807, 2.05) is 13.0 Å². The second-order valence-corrected chi connectivity index (χ2v) is 6.26. The van der Waals surface area contributed by atoms with Gasteiger partial charge in [0, 0.05) is 17.3 Å². The van der Waals surface area contributed by atoms with Crippen molar-refractivity contribution in [3.05, 3.63) is 53.0 Å². The van der Waals surface area contributed by atoms with Crippen LogP contribution in [-0.4, -0.2) is 10.1 Å². The minimum atomic E-state index is 0.421. The second kappa shape index (κ2) is 5.40. The van der Waals surface area contributed by atoms with Crippen LogP contribution in [0.15, 0.2) is 34.9 Å². The van der Waals surface area contributed by atoms with Gasteiger partial charge in [-0.3, -0.25) is 0 Å². The molecule has 1 aromatic carbocycles. The van der Waals surface area contributed by atoms with E-state index in [2.05, 4.69) is 55.2 Å². The number of fused-ring (bicyclic) bond motifs is 1. The molecule has 0 aliphatic carbocycles. The molecular formula is C18H22N2O. The Labute approximate surface area is 125 Å². The van der Waals surface area contributed by atoms with E-state index in [4.69, 9.17) is 4.52 Å². The zero-order chi connectivity index (χ0) is 15.0. The third-order valence-electron chi connectivity index (χ3n) is 4.05. The molecule has 2 heterocycles. The van der Waals surface area contributed by atoms with Crippen molar-refractivity contribution in [1.82, 2.24) is 10.1 Å². The van der Waals surface area contributed by atoms with Crippen molar-refractivity contribution in [3.8, 4) is 0 Å². The molecule has 0 bridgehead atoms. The van der Waals surface area contributed by atoms with Crippen LogP contribution in [0, 0.1) is 6.92 Å². The van der Waals surface area contributed by atoms with Gasteiger partial charge in [-0.25, -0.2) is 0 Å². The van der Waals surface area contributed by atoms with Crippen LogP contribution in [0.2, 0.25) is 0 Å². The summed E-state index contributed by atoms with van der Waals surface area (Å²) in [7, 11) is 0. The highest BCUT2D eigenvalue weighted by molar-refractivity contribution is 5.81. The van der Waals surface area contributed by atoms with E-state index in [1.165, 1.54) is 22.2 Å². The second-order valence-electron chi connectivity index (χ2n) is 6.26. The summed E-state index contributed by atoms with van der Waals surface area (Å²) in [4.78, 5) is 3.52. The molecule has 0 aliphatic heterocycles. The molecule has 3 rings (SSSR count). The Hall–Kier alpha value is -2.03. The number of rotatable bonds is 4. The molecule has 3 nitrogen and oxygen atoms in total. The van der Waals surface area contributed by atoms with Gasteiger partial charge in [0.05, 0.1) is 5.69 Å². The van der Waals surface area contributed by atoms with Crippen molar-refractivity contribution >= 4 is 10.9 Å². The lowest BCUT2D eigenvalue weighted by atomic mass is 9.95. The van der Waals surface area contributed by atoms with Crippen LogP contribution in [0.3, 0.4) is 0 Å². The zero-order valence-corrected chi connectivity index (χ0v) is 13.1. The van der Waals surface area contributed by atoms with Gasteiger partial charge in [0.15, 0.2) is 0 Å². The Kier molecular flexibility index (Phi) is 3.58. The van der Waals surface area contributed by atoms with Crippen molar-refractivity contribution in [2.24, 2.45) is 0 Å². The Morgan fingerprint density at radius 1 is 1.14 bits per heavy atom. The van der Waals surface area contributed by atoms with Crippen LogP contribution < -0.4 is 0 Å². The highest BCUT2D eigenvalue weighted by Gasteiger charge is 2.12. The average molecular weight is 282 g/mol. The van der Waals surface area contributed by atoms with Crippen LogP contribution in [0.4, 0.5) is 0 Å². The van der Waals surface area contributed by atoms with E-state index < -0.39 is 0 Å². The molecule has 0 radical (unpaired) electrons. The standard InChI is InChI=1S/C18H22N2O/c1-11(2)17-10-15-6-5-14(9-18(15)19-17)12(3)7-16-8-13(4)21-20-16/h5-6,8-12,19H,7H2,1-4H3. The molecule has 0 fully saturated rings. The molecular weight excluding hydrogens is 260 g/mol. The lowest BCUT2D eigenvalue weighted by molar-refractivity contribution is 0.389. The minimum Gasteiger partial charge on any atom is -0.361 e. The SMILES string of the molecule is Cc1cc(CC(C)c2ccc3cc(C(C)C)[nH]c3c2)no1. The number of aryl methyl sites for hydroxylation is 1. The summed E-state index contributed by atoms with van der Waals surface area (Å²) in [5.41, 5.74) is 4.87. The molecule has 0 saturated heterocycles. The van der Waals surface area contributed by atoms with Gasteiger partial charge in [0.2, 0.25) is 0 Å². The number of benzene rings is 1. The molecule has 3 aromatic rings. The van der Waals surface area contributed by atoms with E-state index in [9.17, 15) is 0 Å². The average Bonchev–Trinajstić information content (AvgIpc) is 3.03. The first-order valence-corrected chi connectivity index (χ1v) is 7.57. The number of nitrogens with one attached hydrogen (secondary N) is 1. The summed E-state index contributed by atoms with van der Waals surface area (Å²) in [5.74, 6) is 1.82. The Balaban J connectivity index is 1.85. The maximum Gasteiger partial charge on any atom is 0.133 e. The van der Waals surface area contributed by atoms with Crippen LogP contribution in [0.5, 0.6) is 0 Å². The van der Waals surface area contributed by atoms with E-state index in [0.717, 1.165) is 17.9 Å². The quantitative estimate of drug-likeness (QED) is 0.737. The molecule has 3 heteroatoms. The fourth-order valence-corrected chi connectivity index (χ4v) is 2.73. The van der Waals surface area contributed by atoms with E-state index >= 15 is 0 Å². The Morgan fingerprint density at radius 2 is 1.95 bits per heavy atom. The third kappa shape index (κ3) is 2.87. The summed E-state index contributed by atoms with van der Waals surface area (Å²) in [6, 6.07) is 10.9. The van der Waals surface area contributed by atoms with Crippen molar-refractivity contribution in [3.63, 3.8) is 0 Å². The predicted octanol–water partition coefficient (Wildman–Crippen LogP) is 4.93. The summed E-state index contributed by atoms with van der Waals surface area (Å²) in [6.45, 7) is 8.58. The number of hydrogen-bond acceptors (Lipinski definition) is 2. The largest absolute Gasteiger partial charge is 0.361 e. The van der Waals surface area contributed by atoms with Gasteiger partial charge >= 0.3 is 0 Å². The van der Waals surface area contributed by atoms with Crippen LogP contribution >= 0.6 is 0 Å². The summed E-state index contributed by atoms with van der Waals surface area (Å²) in [6.07, 6.45) is 0.903. The van der Waals surface area contributed by atoms with Crippen molar-refractivity contribution in [2.45, 2.75) is 46.0 Å². The lowest BCUT2D eigenvalue weighted by Crippen LogP contribution is -1.98. The summed E-state index contributed by atoms with van der Waals surface area (Å²) < 4.78 is 5.14. The van der Waals surface area contributed by atoms with Crippen molar-refractivity contribution in [1.29, 1.82) is 0 Å². The number of nitrogens with zero attached hydrogens (tertiary/aromatic N) is 1. The number of H-pyrrole nitrogens is 1. The first kappa shape index (κ1) is 13.9. The van der Waals surface area contributed by atoms with Crippen molar-refractivity contribution in [2.75, 3.05) is 0 Å². The molecule has 1 unspecified atom stereocenters. The molecule has 2 aromatic heterocycles. The van der Waals surface area contributed by atoms with E-state index in [-0.39, 0.29) is 0 Å². The predicted molar refractivity (Wildman–Crippen MR) is 85.7 cm³/mol. The van der Waals surface area contributed by atoms with Crippen LogP contribution in [0.25, 0.3) is 10.9 Å². The van der Waals surface area contributed by atoms with Gasteiger partial charge in [-0.05, 0) is 48.3 Å². The maximum absolute atomic E-state index is 5.14. The van der Waals surface area contributed by atoms with Gasteiger partial charge in [-0.15, -0.1) is 0 Å². The Bertz CT molecular complexity index is 752. The number of hydrogen-bond donors (Lipinski definition) is 1. The number of aromatic amines is 1. The first-order valence-electron chi connectivity index (χ1n) is 7.57. The highest BCUT2D eigenvalue weighted by Crippen LogP contribution is 2.26. The highest BCUT2D eigenvalue weighted by atomic mass is 16.5. The van der Waals surface area contributed by atoms with Gasteiger partial charge in [-0.2, -0.15) is 0 Å². The molecule has 0 spiro atoms. The first-order chi connectivity index (χ1) is 10.0. The van der Waals surface area contributed by atoms with E-state index in [1.54, 1.807) is 0 Å². The smallest absolute Gasteiger partial charge is 0.133 e. The molecule has 0 saturated carbocycles. The van der Waals surface area contributed by atoms with E-state index in [0.29, 0.717) is 11.8 Å². The lowest BCUT2D eigenvalue weighted by Gasteiger charge is -2.10. The fraction of sp³-hybridized carbons (Fsp3) is 0.389. The van der Waals surface area contributed by atoms with Crippen molar-refractivity contribution < 1.29 is 4.52 Å². The zero-order valence-electron chi connectivity index (χ0n) is 13.1. The summed E-state index contributed by atoms with van der Waals surface area (Å²) in [5, 5.41) is 5.37. The minimum absolute atomic E-state index is 0.421. The summed E-state index contributed by atoms with van der Waals surface area (Å²) >= 11 is 0. The van der Waals surface area contributed by atoms with Gasteiger partial charge in [0.25, 0.3) is 0 Å². The molecule has 1 atom stereocenters. The maximum atomic E-state index is 5.14. The van der Waals surface area contributed by atoms with Crippen LogP contribution in [0.1, 0.15) is 55.3 Å². The van der Waals surface area contributed by atoms with Crippen LogP contribution in [-0.2, 0) is 6.42 Å². The third-order valence-corrected chi connectivity index (χ3v) is 4.05. The van der Waals surface area contributed by atoms with Gasteiger partial charge in [-0.1, -0.05) is 38.1 Å². The topological polar surface area (TPSA) is 41.8 Å². The fourth-order valence-electron chi connectivity index (χ4n) is 2.73. The molecule has 21 heavy (non-hydrogen) atoms. The number of aromatic nitrogens is 2. The van der Waals surface area contributed by atoms with Gasteiger partial charge < -0.3 is 9.51 Å². The molecule has 110 valence electrons. The molecule has 1 N–H and O–H groups in total. The normalized spacial score (nSPS) is 13.2. The van der Waals surface area contributed by atoms with Gasteiger partial charge in [0.1, 0.15) is 5.76 Å². The Morgan fingerprint density at radius 3 is 2.62 bits per heavy atom. The molecule has 0 aliphatic rings. The monoisotopic (exact) mass is 282 g/mol.